The van der Waals surface area contributed by atoms with Crippen molar-refractivity contribution in [2.45, 2.75) is 12.1 Å². The molecule has 1 fully saturated rings. The Hall–Kier alpha value is -2.35. The summed E-state index contributed by atoms with van der Waals surface area (Å²) >= 11 is 0. The van der Waals surface area contributed by atoms with E-state index in [0.717, 1.165) is 0 Å². The predicted molar refractivity (Wildman–Crippen MR) is 66.4 cm³/mol. The molecule has 0 aromatic carbocycles. The lowest BCUT2D eigenvalue weighted by Gasteiger charge is -2.27. The van der Waals surface area contributed by atoms with Crippen LogP contribution in [0.15, 0.2) is 18.9 Å². The highest BCUT2D eigenvalue weighted by molar-refractivity contribution is 5.86. The molecule has 0 aliphatic carbocycles. The maximum absolute atomic E-state index is 12.3. The zero-order valence-electron chi connectivity index (χ0n) is 10.9. The predicted octanol–water partition coefficient (Wildman–Crippen LogP) is 0.456. The Kier molecular flexibility index (Phi) is 2.75. The zero-order valence-corrected chi connectivity index (χ0v) is 10.9. The van der Waals surface area contributed by atoms with E-state index in [0.29, 0.717) is 11.3 Å². The van der Waals surface area contributed by atoms with E-state index in [1.165, 1.54) is 20.7 Å². The van der Waals surface area contributed by atoms with E-state index >= 15 is 0 Å². The molecule has 1 aromatic rings. The zero-order chi connectivity index (χ0) is 14.4. The molecule has 0 radical (unpaired) electrons. The number of carbonyl (C=O) groups excluding carboxylic acids is 1. The number of hydrogen-bond acceptors (Lipinski definition) is 4. The highest BCUT2D eigenvalue weighted by Gasteiger charge is 2.52. The smallest absolute Gasteiger partial charge is 0.345 e. The summed E-state index contributed by atoms with van der Waals surface area (Å²) in [5.41, 5.74) is 1.23. The van der Waals surface area contributed by atoms with Crippen molar-refractivity contribution < 1.29 is 19.5 Å². The van der Waals surface area contributed by atoms with E-state index in [1.54, 1.807) is 13.2 Å². The number of amides is 2. The summed E-state index contributed by atoms with van der Waals surface area (Å²) in [6.45, 7) is 4.00. The Morgan fingerprint density at radius 2 is 2.45 bits per heavy atom. The molecule has 20 heavy (non-hydrogen) atoms. The molecule has 3 heterocycles. The van der Waals surface area contributed by atoms with Gasteiger partial charge in [-0.05, 0) is 0 Å². The van der Waals surface area contributed by atoms with Gasteiger partial charge in [0.2, 0.25) is 0 Å². The van der Waals surface area contributed by atoms with Gasteiger partial charge in [0.05, 0.1) is 25.0 Å². The Bertz CT molecular complexity index is 596. The van der Waals surface area contributed by atoms with Crippen LogP contribution in [0, 0.1) is 0 Å². The van der Waals surface area contributed by atoms with Crippen LogP contribution in [0.25, 0.3) is 0 Å². The Labute approximate surface area is 114 Å². The second-order valence-electron chi connectivity index (χ2n) is 4.71. The molecule has 8 heteroatoms. The van der Waals surface area contributed by atoms with Crippen molar-refractivity contribution in [2.24, 2.45) is 7.05 Å². The Morgan fingerprint density at radius 3 is 3.10 bits per heavy atom. The van der Waals surface area contributed by atoms with Gasteiger partial charge < -0.3 is 10.0 Å². The van der Waals surface area contributed by atoms with Crippen molar-refractivity contribution in [2.75, 3.05) is 13.2 Å². The van der Waals surface area contributed by atoms with Crippen LogP contribution in [-0.2, 0) is 16.7 Å². The minimum Gasteiger partial charge on any atom is -0.479 e. The fourth-order valence-corrected chi connectivity index (χ4v) is 2.77. The van der Waals surface area contributed by atoms with E-state index in [-0.39, 0.29) is 19.2 Å². The maximum atomic E-state index is 12.3. The summed E-state index contributed by atoms with van der Waals surface area (Å²) in [6, 6.07) is -1.80. The van der Waals surface area contributed by atoms with E-state index in [1.807, 2.05) is 0 Å². The van der Waals surface area contributed by atoms with Gasteiger partial charge >= 0.3 is 12.0 Å². The van der Waals surface area contributed by atoms with Crippen molar-refractivity contribution >= 4 is 12.0 Å². The first-order valence-electron chi connectivity index (χ1n) is 6.14. The number of carboxylic acid groups (broad SMARTS) is 1. The van der Waals surface area contributed by atoms with Gasteiger partial charge in [-0.3, -0.25) is 9.52 Å². The molecule has 1 saturated heterocycles. The average molecular weight is 278 g/mol. The van der Waals surface area contributed by atoms with Crippen molar-refractivity contribution in [3.63, 3.8) is 0 Å². The van der Waals surface area contributed by atoms with Crippen molar-refractivity contribution in [1.29, 1.82) is 0 Å². The summed E-state index contributed by atoms with van der Waals surface area (Å²) in [5.74, 6) is -1.08. The summed E-state index contributed by atoms with van der Waals surface area (Å²) in [6.07, 6.45) is 3.12. The van der Waals surface area contributed by atoms with E-state index in [9.17, 15) is 14.7 Å². The van der Waals surface area contributed by atoms with Gasteiger partial charge in [0, 0.05) is 12.6 Å². The summed E-state index contributed by atoms with van der Waals surface area (Å²) in [7, 11) is 1.67. The molecule has 0 spiro atoms. The fraction of sp³-hybridized carbons (Fsp3) is 0.417. The van der Waals surface area contributed by atoms with Crippen LogP contribution in [0.1, 0.15) is 23.3 Å². The molecule has 3 rings (SSSR count). The topological polar surface area (TPSA) is 87.9 Å². The summed E-state index contributed by atoms with van der Waals surface area (Å²) in [4.78, 5) is 30.5. The molecule has 2 bridgehead atoms. The molecule has 106 valence electrons. The fourth-order valence-electron chi connectivity index (χ4n) is 2.77. The number of aromatic nitrogens is 2. The van der Waals surface area contributed by atoms with Gasteiger partial charge in [-0.1, -0.05) is 6.08 Å². The number of nitrogens with zero attached hydrogens (tertiary/aromatic N) is 4. The largest absolute Gasteiger partial charge is 0.479 e. The van der Waals surface area contributed by atoms with Gasteiger partial charge in [0.1, 0.15) is 6.04 Å². The molecule has 1 aromatic heterocycles. The number of hydroxylamine groups is 2. The second-order valence-corrected chi connectivity index (χ2v) is 4.71. The van der Waals surface area contributed by atoms with Crippen LogP contribution < -0.4 is 0 Å². The summed E-state index contributed by atoms with van der Waals surface area (Å²) in [5, 5.41) is 14.7. The number of urea groups is 1. The first kappa shape index (κ1) is 12.7. The van der Waals surface area contributed by atoms with Gasteiger partial charge in [-0.2, -0.15) is 10.2 Å². The quantitative estimate of drug-likeness (QED) is 0.808. The molecule has 1 N–H and O–H groups in total. The van der Waals surface area contributed by atoms with Crippen LogP contribution in [0.3, 0.4) is 0 Å². The van der Waals surface area contributed by atoms with Crippen LogP contribution in [0.5, 0.6) is 0 Å². The lowest BCUT2D eigenvalue weighted by Crippen LogP contribution is -2.39. The van der Waals surface area contributed by atoms with Crippen molar-refractivity contribution in [1.82, 2.24) is 19.7 Å². The highest BCUT2D eigenvalue weighted by Crippen LogP contribution is 2.43. The third-order valence-electron chi connectivity index (χ3n) is 3.60. The molecule has 2 aliphatic rings. The minimum atomic E-state index is -1.08. The van der Waals surface area contributed by atoms with Crippen LogP contribution >= 0.6 is 0 Å². The number of aliphatic carboxylic acids is 1. The lowest BCUT2D eigenvalue weighted by molar-refractivity contribution is -0.142. The van der Waals surface area contributed by atoms with Gasteiger partial charge in [0.15, 0.2) is 6.04 Å². The summed E-state index contributed by atoms with van der Waals surface area (Å²) < 4.78 is 1.50. The van der Waals surface area contributed by atoms with Crippen LogP contribution in [0.4, 0.5) is 4.79 Å². The normalized spacial score (nSPS) is 23.9. The maximum Gasteiger partial charge on any atom is 0.345 e. The third kappa shape index (κ3) is 1.54. The standard InChI is InChI=1S/C12H14N4O4/c1-3-4-20-16-8-6-15(12(16)19)10(11(17)18)9-7(8)5-13-14(9)2/h3,5,8,10H,1,4,6H2,2H3,(H,17,18)/t8-,10+/m1/s1. The molecular formula is C12H14N4O4. The van der Waals surface area contributed by atoms with Gasteiger partial charge in [0.25, 0.3) is 0 Å². The molecule has 0 unspecified atom stereocenters. The first-order chi connectivity index (χ1) is 9.56. The van der Waals surface area contributed by atoms with Gasteiger partial charge in [-0.25, -0.2) is 9.59 Å². The number of carbonyl (C=O) groups is 2. The highest BCUT2D eigenvalue weighted by atomic mass is 16.7. The molecular weight excluding hydrogens is 264 g/mol. The SMILES string of the molecule is C=CCON1C(=O)N2C[C@@H]1c1cnn(C)c1[C@H]2C(=O)O. The second kappa shape index (κ2) is 4.34. The Balaban J connectivity index is 2.06. The number of carboxylic acids is 1. The number of aryl methyl sites for hydroxylation is 1. The Morgan fingerprint density at radius 1 is 1.70 bits per heavy atom. The monoisotopic (exact) mass is 278 g/mol. The third-order valence-corrected chi connectivity index (χ3v) is 3.60. The minimum absolute atomic E-state index is 0.184. The van der Waals surface area contributed by atoms with Gasteiger partial charge in [-0.15, -0.1) is 6.58 Å². The molecule has 2 aliphatic heterocycles. The van der Waals surface area contributed by atoms with E-state index < -0.39 is 18.0 Å². The molecule has 8 nitrogen and oxygen atoms in total. The molecule has 2 atom stereocenters. The van der Waals surface area contributed by atoms with E-state index in [4.69, 9.17) is 4.84 Å². The number of hydrogen-bond donors (Lipinski definition) is 1. The van der Waals surface area contributed by atoms with Crippen LogP contribution in [0.2, 0.25) is 0 Å². The van der Waals surface area contributed by atoms with E-state index in [2.05, 4.69) is 11.7 Å². The lowest BCUT2D eigenvalue weighted by atomic mass is 9.98. The average Bonchev–Trinajstić information content (AvgIpc) is 2.91. The molecule has 2 amide bonds. The number of fused-ring (bicyclic) bond motifs is 4. The van der Waals surface area contributed by atoms with Crippen molar-refractivity contribution in [3.8, 4) is 0 Å². The number of rotatable bonds is 4. The first-order valence-corrected chi connectivity index (χ1v) is 6.14. The molecule has 0 saturated carbocycles. The van der Waals surface area contributed by atoms with Crippen LogP contribution in [-0.4, -0.2) is 50.0 Å². The van der Waals surface area contributed by atoms with Crippen molar-refractivity contribution in [3.05, 3.63) is 30.1 Å².